The van der Waals surface area contributed by atoms with E-state index in [1.165, 1.54) is 19.3 Å². The molecule has 0 radical (unpaired) electrons. The Labute approximate surface area is 115 Å². The topological polar surface area (TPSA) is 54.0 Å². The van der Waals surface area contributed by atoms with E-state index < -0.39 is 0 Å². The maximum Gasteiger partial charge on any atom is 0.251 e. The molecule has 1 amide bonds. The zero-order valence-corrected chi connectivity index (χ0v) is 11.8. The molecule has 0 atom stereocenters. The fourth-order valence-corrected chi connectivity index (χ4v) is 2.30. The Morgan fingerprint density at radius 2 is 2.21 bits per heavy atom. The Morgan fingerprint density at radius 3 is 2.79 bits per heavy atom. The first kappa shape index (κ1) is 13.8. The maximum atomic E-state index is 12.1. The number of aryl methyl sites for hydroxylation is 1. The number of carbonyl (C=O) groups is 1. The van der Waals surface area contributed by atoms with Crippen molar-refractivity contribution in [2.24, 2.45) is 5.92 Å². The quantitative estimate of drug-likeness (QED) is 0.827. The molecule has 1 fully saturated rings. The Bertz CT molecular complexity index is 419. The Hall–Kier alpha value is -1.58. The van der Waals surface area contributed by atoms with Crippen LogP contribution in [0.25, 0.3) is 0 Å². The molecule has 0 aromatic carbocycles. The van der Waals surface area contributed by atoms with E-state index in [9.17, 15) is 4.79 Å². The molecule has 1 aromatic rings. The van der Waals surface area contributed by atoms with E-state index in [1.807, 2.05) is 20.0 Å². The monoisotopic (exact) mass is 261 g/mol. The summed E-state index contributed by atoms with van der Waals surface area (Å²) in [5, 5.41) is 6.00. The zero-order chi connectivity index (χ0) is 13.7. The molecule has 1 aliphatic carbocycles. The lowest BCUT2D eigenvalue weighted by atomic mass is 9.83. The molecular weight excluding hydrogens is 238 g/mol. The lowest BCUT2D eigenvalue weighted by Gasteiger charge is -2.25. The van der Waals surface area contributed by atoms with Gasteiger partial charge in [0.2, 0.25) is 0 Å². The predicted octanol–water partition coefficient (Wildman–Crippen LogP) is 2.61. The van der Waals surface area contributed by atoms with Gasteiger partial charge in [-0.2, -0.15) is 0 Å². The van der Waals surface area contributed by atoms with Gasteiger partial charge in [0.05, 0.1) is 0 Å². The number of nitrogens with one attached hydrogen (secondary N) is 2. The molecule has 1 aromatic heterocycles. The van der Waals surface area contributed by atoms with Crippen LogP contribution < -0.4 is 10.6 Å². The zero-order valence-electron chi connectivity index (χ0n) is 11.8. The molecule has 1 heterocycles. The summed E-state index contributed by atoms with van der Waals surface area (Å²) in [5.74, 6) is 1.59. The van der Waals surface area contributed by atoms with Gasteiger partial charge in [-0.25, -0.2) is 4.98 Å². The van der Waals surface area contributed by atoms with E-state index in [4.69, 9.17) is 0 Å². The van der Waals surface area contributed by atoms with Crippen molar-refractivity contribution in [3.8, 4) is 0 Å². The molecule has 2 rings (SSSR count). The second-order valence-electron chi connectivity index (χ2n) is 5.18. The second-order valence-corrected chi connectivity index (χ2v) is 5.18. The van der Waals surface area contributed by atoms with Crippen molar-refractivity contribution in [2.45, 2.75) is 39.0 Å². The number of amides is 1. The summed E-state index contributed by atoms with van der Waals surface area (Å²) >= 11 is 0. The van der Waals surface area contributed by atoms with Gasteiger partial charge in [-0.15, -0.1) is 0 Å². The summed E-state index contributed by atoms with van der Waals surface area (Å²) in [6.07, 6.45) is 5.95. The predicted molar refractivity (Wildman–Crippen MR) is 77.5 cm³/mol. The Balaban J connectivity index is 1.92. The number of hydrogen-bond acceptors (Lipinski definition) is 3. The summed E-state index contributed by atoms with van der Waals surface area (Å²) in [7, 11) is 1.82. The molecule has 19 heavy (non-hydrogen) atoms. The number of anilines is 1. The van der Waals surface area contributed by atoms with Crippen LogP contribution in [0.5, 0.6) is 0 Å². The first-order valence-corrected chi connectivity index (χ1v) is 7.19. The van der Waals surface area contributed by atoms with Gasteiger partial charge in [-0.1, -0.05) is 26.2 Å². The third-order valence-corrected chi connectivity index (χ3v) is 3.82. The minimum atomic E-state index is 0.00734. The number of carbonyl (C=O) groups excluding carboxylic acids is 1. The summed E-state index contributed by atoms with van der Waals surface area (Å²) < 4.78 is 0. The van der Waals surface area contributed by atoms with E-state index in [0.29, 0.717) is 5.56 Å². The SMILES string of the molecule is CCc1cc(C(=O)NCCC2CCC2)cc(NC)n1. The largest absolute Gasteiger partial charge is 0.373 e. The second kappa shape index (κ2) is 6.55. The molecule has 0 unspecified atom stereocenters. The molecule has 4 heteroatoms. The summed E-state index contributed by atoms with van der Waals surface area (Å²) in [5.41, 5.74) is 1.64. The van der Waals surface area contributed by atoms with Gasteiger partial charge in [-0.3, -0.25) is 4.79 Å². The van der Waals surface area contributed by atoms with Crippen molar-refractivity contribution in [3.63, 3.8) is 0 Å². The third kappa shape index (κ3) is 3.69. The van der Waals surface area contributed by atoms with Crippen LogP contribution in [0.1, 0.15) is 48.7 Å². The molecule has 4 nitrogen and oxygen atoms in total. The van der Waals surface area contributed by atoms with Gasteiger partial charge < -0.3 is 10.6 Å². The highest BCUT2D eigenvalue weighted by Gasteiger charge is 2.17. The minimum Gasteiger partial charge on any atom is -0.373 e. The fourth-order valence-electron chi connectivity index (χ4n) is 2.30. The van der Waals surface area contributed by atoms with Crippen LogP contribution >= 0.6 is 0 Å². The standard InChI is InChI=1S/C15H23N3O/c1-3-13-9-12(10-14(16-2)18-13)15(19)17-8-7-11-5-4-6-11/h9-11H,3-8H2,1-2H3,(H,16,18)(H,17,19). The molecular formula is C15H23N3O. The highest BCUT2D eigenvalue weighted by molar-refractivity contribution is 5.95. The molecule has 0 aliphatic heterocycles. The van der Waals surface area contributed by atoms with Crippen LogP contribution in [0.15, 0.2) is 12.1 Å². The lowest BCUT2D eigenvalue weighted by molar-refractivity contribution is 0.0949. The van der Waals surface area contributed by atoms with Crippen molar-refractivity contribution in [1.82, 2.24) is 10.3 Å². The van der Waals surface area contributed by atoms with E-state index in [1.54, 1.807) is 6.07 Å². The van der Waals surface area contributed by atoms with Crippen LogP contribution in [0.2, 0.25) is 0 Å². The lowest BCUT2D eigenvalue weighted by Crippen LogP contribution is -2.27. The van der Waals surface area contributed by atoms with Gasteiger partial charge in [-0.05, 0) is 30.9 Å². The van der Waals surface area contributed by atoms with Gasteiger partial charge in [0.25, 0.3) is 5.91 Å². The first-order chi connectivity index (χ1) is 9.22. The molecule has 0 spiro atoms. The Kier molecular flexibility index (Phi) is 4.77. The summed E-state index contributed by atoms with van der Waals surface area (Å²) in [6, 6.07) is 3.68. The first-order valence-electron chi connectivity index (χ1n) is 7.19. The van der Waals surface area contributed by atoms with Gasteiger partial charge >= 0.3 is 0 Å². The van der Waals surface area contributed by atoms with E-state index >= 15 is 0 Å². The summed E-state index contributed by atoms with van der Waals surface area (Å²) in [4.78, 5) is 16.5. The fraction of sp³-hybridized carbons (Fsp3) is 0.600. The number of hydrogen-bond donors (Lipinski definition) is 2. The van der Waals surface area contributed by atoms with Crippen LogP contribution in [0, 0.1) is 5.92 Å². The van der Waals surface area contributed by atoms with E-state index in [-0.39, 0.29) is 5.91 Å². The van der Waals surface area contributed by atoms with E-state index in [2.05, 4.69) is 15.6 Å². The number of aromatic nitrogens is 1. The average Bonchev–Trinajstić information content (AvgIpc) is 2.40. The molecule has 2 N–H and O–H groups in total. The van der Waals surface area contributed by atoms with Crippen molar-refractivity contribution in [3.05, 3.63) is 23.4 Å². The highest BCUT2D eigenvalue weighted by atomic mass is 16.1. The van der Waals surface area contributed by atoms with Crippen molar-refractivity contribution in [1.29, 1.82) is 0 Å². The molecule has 0 saturated heterocycles. The normalized spacial score (nSPS) is 14.8. The van der Waals surface area contributed by atoms with Crippen molar-refractivity contribution >= 4 is 11.7 Å². The van der Waals surface area contributed by atoms with Crippen molar-refractivity contribution < 1.29 is 4.79 Å². The highest BCUT2D eigenvalue weighted by Crippen LogP contribution is 2.28. The van der Waals surface area contributed by atoms with Crippen LogP contribution in [0.3, 0.4) is 0 Å². The van der Waals surface area contributed by atoms with Gasteiger partial charge in [0.15, 0.2) is 0 Å². The minimum absolute atomic E-state index is 0.00734. The average molecular weight is 261 g/mol. The van der Waals surface area contributed by atoms with E-state index in [0.717, 1.165) is 36.8 Å². The smallest absolute Gasteiger partial charge is 0.251 e. The molecule has 1 aliphatic rings. The summed E-state index contributed by atoms with van der Waals surface area (Å²) in [6.45, 7) is 2.82. The molecule has 0 bridgehead atoms. The van der Waals surface area contributed by atoms with Crippen LogP contribution in [-0.2, 0) is 6.42 Å². The maximum absolute atomic E-state index is 12.1. The van der Waals surface area contributed by atoms with Crippen molar-refractivity contribution in [2.75, 3.05) is 18.9 Å². The Morgan fingerprint density at radius 1 is 1.42 bits per heavy atom. The van der Waals surface area contributed by atoms with Crippen LogP contribution in [-0.4, -0.2) is 24.5 Å². The molecule has 104 valence electrons. The van der Waals surface area contributed by atoms with Crippen LogP contribution in [0.4, 0.5) is 5.82 Å². The molecule has 1 saturated carbocycles. The number of nitrogens with zero attached hydrogens (tertiary/aromatic N) is 1. The van der Waals surface area contributed by atoms with Gasteiger partial charge in [0.1, 0.15) is 5.82 Å². The third-order valence-electron chi connectivity index (χ3n) is 3.82. The van der Waals surface area contributed by atoms with Gasteiger partial charge in [0, 0.05) is 24.8 Å². The number of rotatable bonds is 6. The number of pyridine rings is 1.